The highest BCUT2D eigenvalue weighted by Crippen LogP contribution is 2.28. The number of ether oxygens (including phenoxy) is 2. The Labute approximate surface area is 129 Å². The van der Waals surface area contributed by atoms with Gasteiger partial charge in [0, 0.05) is 12.7 Å². The summed E-state index contributed by atoms with van der Waals surface area (Å²) in [6.45, 7) is 0. The van der Waals surface area contributed by atoms with Gasteiger partial charge in [-0.05, 0) is 17.7 Å². The lowest BCUT2D eigenvalue weighted by Crippen LogP contribution is -2.24. The van der Waals surface area contributed by atoms with Crippen LogP contribution in [0.3, 0.4) is 0 Å². The minimum Gasteiger partial charge on any atom is -0.497 e. The smallest absolute Gasteiger partial charge is 0.183 e. The Morgan fingerprint density at radius 3 is 2.14 bits per heavy atom. The molecule has 4 heteroatoms. The van der Waals surface area contributed by atoms with Gasteiger partial charge in [0.1, 0.15) is 17.2 Å². The number of ketones is 1. The first-order chi connectivity index (χ1) is 10.2. The molecule has 0 aliphatic rings. The molecule has 110 valence electrons. The van der Waals surface area contributed by atoms with Gasteiger partial charge in [-0.3, -0.25) is 4.79 Å². The third kappa shape index (κ3) is 3.63. The van der Waals surface area contributed by atoms with Crippen LogP contribution in [-0.4, -0.2) is 25.4 Å². The zero-order valence-electron chi connectivity index (χ0n) is 12.0. The summed E-state index contributed by atoms with van der Waals surface area (Å²) in [4.78, 5) is 12.4. The molecule has 2 unspecified atom stereocenters. The summed E-state index contributed by atoms with van der Waals surface area (Å²) in [5, 5.41) is -0.786. The van der Waals surface area contributed by atoms with E-state index in [0.29, 0.717) is 5.56 Å². The number of Topliss-reactive ketones (excluding diaryl/α,β-unsaturated/α-hetero) is 1. The average molecular weight is 305 g/mol. The van der Waals surface area contributed by atoms with Crippen LogP contribution in [0, 0.1) is 0 Å². The van der Waals surface area contributed by atoms with Crippen molar-refractivity contribution in [3.63, 3.8) is 0 Å². The van der Waals surface area contributed by atoms with Crippen LogP contribution in [0.1, 0.15) is 22.0 Å². The predicted molar refractivity (Wildman–Crippen MR) is 83.2 cm³/mol. The van der Waals surface area contributed by atoms with Crippen LogP contribution in [-0.2, 0) is 4.74 Å². The van der Waals surface area contributed by atoms with Crippen LogP contribution in [0.15, 0.2) is 54.6 Å². The Hall–Kier alpha value is -1.84. The van der Waals surface area contributed by atoms with E-state index < -0.39 is 11.5 Å². The number of methoxy groups -OCH3 is 2. The van der Waals surface area contributed by atoms with Crippen molar-refractivity contribution in [1.29, 1.82) is 0 Å². The number of hydrogen-bond donors (Lipinski definition) is 0. The van der Waals surface area contributed by atoms with Crippen LogP contribution in [0.5, 0.6) is 5.75 Å². The van der Waals surface area contributed by atoms with E-state index in [-0.39, 0.29) is 5.78 Å². The fraction of sp³-hybridized carbons (Fsp3) is 0.235. The van der Waals surface area contributed by atoms with Gasteiger partial charge in [-0.15, -0.1) is 11.6 Å². The third-order valence-corrected chi connectivity index (χ3v) is 3.70. The van der Waals surface area contributed by atoms with E-state index in [1.807, 2.05) is 42.5 Å². The zero-order chi connectivity index (χ0) is 15.2. The van der Waals surface area contributed by atoms with E-state index in [9.17, 15) is 4.79 Å². The molecule has 0 radical (unpaired) electrons. The van der Waals surface area contributed by atoms with Crippen LogP contribution < -0.4 is 4.74 Å². The molecule has 0 aliphatic carbocycles. The normalized spacial score (nSPS) is 13.5. The SMILES string of the molecule is COc1ccc(C(OC)C(Cl)C(=O)c2ccccc2)cc1. The fourth-order valence-corrected chi connectivity index (χ4v) is 2.49. The van der Waals surface area contributed by atoms with Crippen molar-refractivity contribution in [1.82, 2.24) is 0 Å². The van der Waals surface area contributed by atoms with Crippen LogP contribution in [0.2, 0.25) is 0 Å². The molecule has 0 saturated heterocycles. The van der Waals surface area contributed by atoms with Gasteiger partial charge < -0.3 is 9.47 Å². The van der Waals surface area contributed by atoms with Crippen molar-refractivity contribution in [2.45, 2.75) is 11.5 Å². The van der Waals surface area contributed by atoms with Crippen molar-refractivity contribution in [2.75, 3.05) is 14.2 Å². The number of halogens is 1. The van der Waals surface area contributed by atoms with E-state index in [2.05, 4.69) is 0 Å². The highest BCUT2D eigenvalue weighted by molar-refractivity contribution is 6.34. The summed E-state index contributed by atoms with van der Waals surface area (Å²) >= 11 is 6.33. The molecular weight excluding hydrogens is 288 g/mol. The number of hydrogen-bond acceptors (Lipinski definition) is 3. The van der Waals surface area contributed by atoms with Gasteiger partial charge in [0.25, 0.3) is 0 Å². The minimum absolute atomic E-state index is 0.153. The van der Waals surface area contributed by atoms with Crippen molar-refractivity contribution in [3.05, 3.63) is 65.7 Å². The maximum Gasteiger partial charge on any atom is 0.183 e. The fourth-order valence-electron chi connectivity index (χ4n) is 2.12. The highest BCUT2D eigenvalue weighted by atomic mass is 35.5. The van der Waals surface area contributed by atoms with Gasteiger partial charge >= 0.3 is 0 Å². The van der Waals surface area contributed by atoms with Crippen LogP contribution >= 0.6 is 11.6 Å². The Balaban J connectivity index is 2.21. The Bertz CT molecular complexity index is 581. The molecule has 0 spiro atoms. The highest BCUT2D eigenvalue weighted by Gasteiger charge is 2.28. The van der Waals surface area contributed by atoms with Crippen molar-refractivity contribution < 1.29 is 14.3 Å². The molecule has 2 atom stereocenters. The monoisotopic (exact) mass is 304 g/mol. The van der Waals surface area contributed by atoms with Gasteiger partial charge in [-0.1, -0.05) is 42.5 Å². The number of carbonyl (C=O) groups excluding carboxylic acids is 1. The summed E-state index contributed by atoms with van der Waals surface area (Å²) in [5.74, 6) is 0.592. The standard InChI is InChI=1S/C17H17ClO3/c1-20-14-10-8-13(9-11-14)17(21-2)15(18)16(19)12-6-4-3-5-7-12/h3-11,15,17H,1-2H3. The molecule has 3 nitrogen and oxygen atoms in total. The zero-order valence-corrected chi connectivity index (χ0v) is 12.7. The van der Waals surface area contributed by atoms with Gasteiger partial charge in [0.15, 0.2) is 5.78 Å². The summed E-state index contributed by atoms with van der Waals surface area (Å²) in [6.07, 6.45) is -0.509. The molecule has 2 aromatic rings. The van der Waals surface area contributed by atoms with E-state index in [4.69, 9.17) is 21.1 Å². The maximum atomic E-state index is 12.4. The maximum absolute atomic E-state index is 12.4. The molecule has 0 amide bonds. The van der Waals surface area contributed by atoms with E-state index >= 15 is 0 Å². The molecular formula is C17H17ClO3. The van der Waals surface area contributed by atoms with Gasteiger partial charge in [0.2, 0.25) is 0 Å². The van der Waals surface area contributed by atoms with Crippen LogP contribution in [0.25, 0.3) is 0 Å². The third-order valence-electron chi connectivity index (χ3n) is 3.27. The molecule has 0 heterocycles. The number of alkyl halides is 1. The van der Waals surface area contributed by atoms with Crippen molar-refractivity contribution in [2.24, 2.45) is 0 Å². The van der Waals surface area contributed by atoms with Gasteiger partial charge in [0.05, 0.1) is 7.11 Å². The summed E-state index contributed by atoms with van der Waals surface area (Å²) in [6, 6.07) is 16.3. The number of rotatable bonds is 6. The molecule has 21 heavy (non-hydrogen) atoms. The quantitative estimate of drug-likeness (QED) is 0.600. The lowest BCUT2D eigenvalue weighted by molar-refractivity contribution is 0.0749. The van der Waals surface area contributed by atoms with Crippen molar-refractivity contribution >= 4 is 17.4 Å². The minimum atomic E-state index is -0.786. The second kappa shape index (κ2) is 7.25. The summed E-state index contributed by atoms with van der Waals surface area (Å²) in [5.41, 5.74) is 1.41. The largest absolute Gasteiger partial charge is 0.497 e. The second-order valence-corrected chi connectivity index (χ2v) is 5.03. The molecule has 2 aromatic carbocycles. The number of benzene rings is 2. The Kier molecular flexibility index (Phi) is 5.37. The predicted octanol–water partition coefficient (Wildman–Crippen LogP) is 3.87. The summed E-state index contributed by atoms with van der Waals surface area (Å²) in [7, 11) is 3.15. The van der Waals surface area contributed by atoms with E-state index in [1.165, 1.54) is 0 Å². The molecule has 0 N–H and O–H groups in total. The van der Waals surface area contributed by atoms with Crippen LogP contribution in [0.4, 0.5) is 0 Å². The first-order valence-electron chi connectivity index (χ1n) is 6.57. The molecule has 0 saturated carbocycles. The Morgan fingerprint density at radius 2 is 1.62 bits per heavy atom. The molecule has 0 aliphatic heterocycles. The average Bonchev–Trinajstić information content (AvgIpc) is 2.56. The van der Waals surface area contributed by atoms with E-state index in [1.54, 1.807) is 26.4 Å². The summed E-state index contributed by atoms with van der Waals surface area (Å²) < 4.78 is 10.5. The second-order valence-electron chi connectivity index (χ2n) is 4.56. The topological polar surface area (TPSA) is 35.5 Å². The van der Waals surface area contributed by atoms with Crippen molar-refractivity contribution in [3.8, 4) is 5.75 Å². The van der Waals surface area contributed by atoms with Gasteiger partial charge in [-0.25, -0.2) is 0 Å². The van der Waals surface area contributed by atoms with Gasteiger partial charge in [-0.2, -0.15) is 0 Å². The lowest BCUT2D eigenvalue weighted by atomic mass is 9.99. The molecule has 2 rings (SSSR count). The molecule has 0 bridgehead atoms. The first-order valence-corrected chi connectivity index (χ1v) is 7.01. The Morgan fingerprint density at radius 1 is 1.00 bits per heavy atom. The number of carbonyl (C=O) groups is 1. The molecule has 0 aromatic heterocycles. The molecule has 0 fully saturated rings. The van der Waals surface area contributed by atoms with E-state index in [0.717, 1.165) is 11.3 Å². The first kappa shape index (κ1) is 15.5. The lowest BCUT2D eigenvalue weighted by Gasteiger charge is -2.20.